The minimum absolute atomic E-state index is 0.0600. The Bertz CT molecular complexity index is 938. The summed E-state index contributed by atoms with van der Waals surface area (Å²) in [5.74, 6) is 1.30. The number of piperidine rings is 1. The third-order valence-electron chi connectivity index (χ3n) is 4.88. The summed E-state index contributed by atoms with van der Waals surface area (Å²) in [5, 5.41) is 5.65. The highest BCUT2D eigenvalue weighted by atomic mass is 32.2. The minimum atomic E-state index is -3.18. The third kappa shape index (κ3) is 6.17. The molecule has 0 bridgehead atoms. The zero-order valence-electron chi connectivity index (χ0n) is 17.3. The molecule has 2 amide bonds. The number of nitrogens with one attached hydrogen (secondary N) is 2. The van der Waals surface area contributed by atoms with Crippen LogP contribution in [0, 0.1) is 6.92 Å². The highest BCUT2D eigenvalue weighted by molar-refractivity contribution is 7.89. The Kier molecular flexibility index (Phi) is 7.28. The summed E-state index contributed by atoms with van der Waals surface area (Å²) >= 11 is 0. The first-order valence-corrected chi connectivity index (χ1v) is 11.7. The lowest BCUT2D eigenvalue weighted by Crippen LogP contribution is -2.47. The lowest BCUT2D eigenvalue weighted by atomic mass is 10.1. The lowest BCUT2D eigenvalue weighted by Gasteiger charge is -2.31. The Morgan fingerprint density at radius 2 is 1.87 bits per heavy atom. The molecule has 3 rings (SSSR count). The molecule has 1 aliphatic heterocycles. The van der Waals surface area contributed by atoms with Gasteiger partial charge in [-0.25, -0.2) is 22.5 Å². The molecular formula is C21H28N4O4S. The molecule has 1 aromatic heterocycles. The first-order valence-electron chi connectivity index (χ1n) is 10.1. The van der Waals surface area contributed by atoms with Gasteiger partial charge in [-0.1, -0.05) is 24.6 Å². The van der Waals surface area contributed by atoms with E-state index in [0.29, 0.717) is 49.7 Å². The van der Waals surface area contributed by atoms with Gasteiger partial charge < -0.3 is 15.4 Å². The SMILES string of the molecule is CCCS(=O)(=O)N1CCC(NC(=O)Nc2ccc(Oc3ccc(C)cc3)nc2)CC1. The van der Waals surface area contributed by atoms with Crippen molar-refractivity contribution in [3.05, 3.63) is 48.2 Å². The van der Waals surface area contributed by atoms with Crippen LogP contribution >= 0.6 is 0 Å². The third-order valence-corrected chi connectivity index (χ3v) is 6.96. The standard InChI is InChI=1S/C21H28N4O4S/c1-3-14-30(27,28)25-12-10-17(11-13-25)23-21(26)24-18-6-9-20(22-15-18)29-19-7-4-16(2)5-8-19/h4-9,15,17H,3,10-14H2,1-2H3,(H2,23,24,26). The quantitative estimate of drug-likeness (QED) is 0.697. The van der Waals surface area contributed by atoms with Crippen molar-refractivity contribution >= 4 is 21.7 Å². The average Bonchev–Trinajstić information content (AvgIpc) is 2.71. The molecule has 2 aromatic rings. The number of hydrogen-bond donors (Lipinski definition) is 2. The van der Waals surface area contributed by atoms with Crippen LogP contribution in [0.4, 0.5) is 10.5 Å². The summed E-state index contributed by atoms with van der Waals surface area (Å²) in [7, 11) is -3.18. The normalized spacial score (nSPS) is 15.5. The number of aryl methyl sites for hydroxylation is 1. The van der Waals surface area contributed by atoms with Crippen LogP contribution in [0.25, 0.3) is 0 Å². The highest BCUT2D eigenvalue weighted by Gasteiger charge is 2.27. The molecule has 2 heterocycles. The van der Waals surface area contributed by atoms with E-state index < -0.39 is 10.0 Å². The fraction of sp³-hybridized carbons (Fsp3) is 0.429. The number of urea groups is 1. The van der Waals surface area contributed by atoms with Crippen molar-refractivity contribution in [1.82, 2.24) is 14.6 Å². The fourth-order valence-corrected chi connectivity index (χ4v) is 4.80. The van der Waals surface area contributed by atoms with Gasteiger partial charge in [0.2, 0.25) is 15.9 Å². The van der Waals surface area contributed by atoms with Gasteiger partial charge in [-0.05, 0) is 44.4 Å². The van der Waals surface area contributed by atoms with Gasteiger partial charge in [-0.2, -0.15) is 0 Å². The number of aromatic nitrogens is 1. The smallest absolute Gasteiger partial charge is 0.319 e. The Hall–Kier alpha value is -2.65. The summed E-state index contributed by atoms with van der Waals surface area (Å²) < 4.78 is 31.4. The molecule has 0 saturated carbocycles. The number of benzene rings is 1. The van der Waals surface area contributed by atoms with Crippen molar-refractivity contribution in [2.45, 2.75) is 39.2 Å². The average molecular weight is 433 g/mol. The molecule has 0 spiro atoms. The predicted octanol–water partition coefficient (Wildman–Crippen LogP) is 3.51. The molecule has 0 atom stereocenters. The van der Waals surface area contributed by atoms with E-state index in [1.807, 2.05) is 38.1 Å². The summed E-state index contributed by atoms with van der Waals surface area (Å²) in [6.45, 7) is 4.72. The number of anilines is 1. The number of carbonyl (C=O) groups is 1. The zero-order valence-corrected chi connectivity index (χ0v) is 18.1. The van der Waals surface area contributed by atoms with Gasteiger partial charge in [0.25, 0.3) is 0 Å². The van der Waals surface area contributed by atoms with E-state index in [-0.39, 0.29) is 17.8 Å². The molecule has 1 aromatic carbocycles. The Balaban J connectivity index is 1.45. The number of nitrogens with zero attached hydrogens (tertiary/aromatic N) is 2. The number of rotatable bonds is 7. The summed E-state index contributed by atoms with van der Waals surface area (Å²) in [4.78, 5) is 16.5. The van der Waals surface area contributed by atoms with Gasteiger partial charge in [0.05, 0.1) is 17.6 Å². The molecule has 1 saturated heterocycles. The molecule has 0 aliphatic carbocycles. The van der Waals surface area contributed by atoms with Crippen LogP contribution in [-0.4, -0.2) is 48.6 Å². The molecule has 9 heteroatoms. The molecule has 2 N–H and O–H groups in total. The van der Waals surface area contributed by atoms with E-state index in [4.69, 9.17) is 4.74 Å². The monoisotopic (exact) mass is 432 g/mol. The van der Waals surface area contributed by atoms with Crippen LogP contribution in [-0.2, 0) is 10.0 Å². The summed E-state index contributed by atoms with van der Waals surface area (Å²) in [6.07, 6.45) is 3.32. The van der Waals surface area contributed by atoms with E-state index in [0.717, 1.165) is 5.56 Å². The number of carbonyl (C=O) groups excluding carboxylic acids is 1. The molecule has 30 heavy (non-hydrogen) atoms. The topological polar surface area (TPSA) is 101 Å². The zero-order chi connectivity index (χ0) is 21.6. The number of pyridine rings is 1. The van der Waals surface area contributed by atoms with Crippen LogP contribution in [0.3, 0.4) is 0 Å². The molecule has 0 unspecified atom stereocenters. The predicted molar refractivity (Wildman–Crippen MR) is 116 cm³/mol. The van der Waals surface area contributed by atoms with Crippen molar-refractivity contribution in [1.29, 1.82) is 0 Å². The van der Waals surface area contributed by atoms with Crippen LogP contribution in [0.5, 0.6) is 11.6 Å². The molecular weight excluding hydrogens is 404 g/mol. The van der Waals surface area contributed by atoms with E-state index in [2.05, 4.69) is 15.6 Å². The first-order chi connectivity index (χ1) is 14.4. The Morgan fingerprint density at radius 3 is 2.47 bits per heavy atom. The summed E-state index contributed by atoms with van der Waals surface area (Å²) in [5.41, 5.74) is 1.70. The van der Waals surface area contributed by atoms with E-state index in [1.165, 1.54) is 10.5 Å². The van der Waals surface area contributed by atoms with E-state index in [9.17, 15) is 13.2 Å². The second kappa shape index (κ2) is 9.90. The van der Waals surface area contributed by atoms with Crippen LogP contribution in [0.2, 0.25) is 0 Å². The van der Waals surface area contributed by atoms with Crippen molar-refractivity contribution in [3.63, 3.8) is 0 Å². The van der Waals surface area contributed by atoms with Gasteiger partial charge in [0, 0.05) is 25.2 Å². The second-order valence-electron chi connectivity index (χ2n) is 7.39. The number of ether oxygens (including phenoxy) is 1. The van der Waals surface area contributed by atoms with Crippen LogP contribution in [0.15, 0.2) is 42.6 Å². The molecule has 1 fully saturated rings. The van der Waals surface area contributed by atoms with Crippen LogP contribution in [0.1, 0.15) is 31.7 Å². The van der Waals surface area contributed by atoms with Gasteiger partial charge in [-0.3, -0.25) is 0 Å². The van der Waals surface area contributed by atoms with Gasteiger partial charge in [0.15, 0.2) is 0 Å². The maximum absolute atomic E-state index is 12.3. The van der Waals surface area contributed by atoms with Gasteiger partial charge >= 0.3 is 6.03 Å². The Morgan fingerprint density at radius 1 is 1.17 bits per heavy atom. The number of hydrogen-bond acceptors (Lipinski definition) is 5. The van der Waals surface area contributed by atoms with E-state index >= 15 is 0 Å². The molecule has 0 radical (unpaired) electrons. The molecule has 1 aliphatic rings. The first kappa shape index (κ1) is 22.0. The fourth-order valence-electron chi connectivity index (χ4n) is 3.26. The van der Waals surface area contributed by atoms with Crippen LogP contribution < -0.4 is 15.4 Å². The van der Waals surface area contributed by atoms with E-state index in [1.54, 1.807) is 12.1 Å². The number of sulfonamides is 1. The van der Waals surface area contributed by atoms with Crippen molar-refractivity contribution in [3.8, 4) is 11.6 Å². The maximum Gasteiger partial charge on any atom is 0.319 e. The van der Waals surface area contributed by atoms with Crippen molar-refractivity contribution in [2.24, 2.45) is 0 Å². The summed E-state index contributed by atoms with van der Waals surface area (Å²) in [6, 6.07) is 10.7. The van der Waals surface area contributed by atoms with Crippen molar-refractivity contribution < 1.29 is 17.9 Å². The highest BCUT2D eigenvalue weighted by Crippen LogP contribution is 2.21. The second-order valence-corrected chi connectivity index (χ2v) is 9.48. The number of amides is 2. The maximum atomic E-state index is 12.3. The largest absolute Gasteiger partial charge is 0.439 e. The molecule has 162 valence electrons. The van der Waals surface area contributed by atoms with Gasteiger partial charge in [0.1, 0.15) is 5.75 Å². The minimum Gasteiger partial charge on any atom is -0.439 e. The Labute approximate surface area is 177 Å². The van der Waals surface area contributed by atoms with Gasteiger partial charge in [-0.15, -0.1) is 0 Å². The molecule has 8 nitrogen and oxygen atoms in total. The van der Waals surface area contributed by atoms with Crippen molar-refractivity contribution in [2.75, 3.05) is 24.2 Å². The lowest BCUT2D eigenvalue weighted by molar-refractivity contribution is 0.238.